The van der Waals surface area contributed by atoms with Crippen LogP contribution in [-0.2, 0) is 9.53 Å². The fourth-order valence-electron chi connectivity index (χ4n) is 3.78. The fourth-order valence-corrected chi connectivity index (χ4v) is 5.26. The molecule has 3 aliphatic rings. The third kappa shape index (κ3) is 4.16. The second-order valence-electron chi connectivity index (χ2n) is 6.80. The third-order valence-corrected chi connectivity index (χ3v) is 6.56. The highest BCUT2D eigenvalue weighted by Gasteiger charge is 2.40. The van der Waals surface area contributed by atoms with Crippen molar-refractivity contribution in [1.29, 1.82) is 0 Å². The highest BCUT2D eigenvalue weighted by Crippen LogP contribution is 2.33. The van der Waals surface area contributed by atoms with Gasteiger partial charge in [-0.15, -0.1) is 0 Å². The molecule has 2 N–H and O–H groups in total. The Morgan fingerprint density at radius 2 is 2.27 bits per heavy atom. The van der Waals surface area contributed by atoms with Crippen molar-refractivity contribution < 1.29 is 9.53 Å². The molecule has 3 fully saturated rings. The molecule has 0 aromatic carbocycles. The van der Waals surface area contributed by atoms with E-state index in [9.17, 15) is 4.79 Å². The van der Waals surface area contributed by atoms with Gasteiger partial charge < -0.3 is 15.4 Å². The number of rotatable bonds is 6. The number of nitrogens with one attached hydrogen (secondary N) is 2. The van der Waals surface area contributed by atoms with E-state index < -0.39 is 0 Å². The van der Waals surface area contributed by atoms with Gasteiger partial charge in [-0.05, 0) is 44.0 Å². The lowest BCUT2D eigenvalue weighted by Crippen LogP contribution is -2.59. The van der Waals surface area contributed by atoms with Gasteiger partial charge in [-0.3, -0.25) is 9.69 Å². The summed E-state index contributed by atoms with van der Waals surface area (Å²) in [7, 11) is 0. The molecule has 0 aliphatic carbocycles. The fraction of sp³-hybridized carbons (Fsp3) is 0.938. The zero-order chi connectivity index (χ0) is 15.3. The average molecular weight is 327 g/mol. The first-order chi connectivity index (χ1) is 10.8. The van der Waals surface area contributed by atoms with Crippen LogP contribution in [0.25, 0.3) is 0 Å². The minimum Gasteiger partial charge on any atom is -0.379 e. The molecule has 0 bridgehead atoms. The maximum absolute atomic E-state index is 12.2. The lowest BCUT2D eigenvalue weighted by Gasteiger charge is -2.43. The summed E-state index contributed by atoms with van der Waals surface area (Å²) in [4.78, 5) is 14.8. The van der Waals surface area contributed by atoms with Crippen LogP contribution in [0.5, 0.6) is 0 Å². The number of morpholine rings is 1. The Kier molecular flexibility index (Phi) is 6.02. The normalized spacial score (nSPS) is 33.2. The maximum Gasteiger partial charge on any atom is 0.220 e. The third-order valence-electron chi connectivity index (χ3n) is 5.32. The van der Waals surface area contributed by atoms with Crippen LogP contribution < -0.4 is 10.6 Å². The minimum absolute atomic E-state index is 0.166. The largest absolute Gasteiger partial charge is 0.379 e. The zero-order valence-electron chi connectivity index (χ0n) is 13.4. The SMILES string of the molecule is O=C(CCC1CCNC1)NCC1(N2CCOCC2)CCSC1. The second-order valence-corrected chi connectivity index (χ2v) is 7.91. The average Bonchev–Trinajstić information content (AvgIpc) is 3.24. The van der Waals surface area contributed by atoms with Gasteiger partial charge in [0.1, 0.15) is 0 Å². The summed E-state index contributed by atoms with van der Waals surface area (Å²) in [5.74, 6) is 3.28. The van der Waals surface area contributed by atoms with Crippen molar-refractivity contribution in [1.82, 2.24) is 15.5 Å². The molecule has 3 rings (SSSR count). The molecule has 0 aromatic rings. The number of carbonyl (C=O) groups is 1. The van der Waals surface area contributed by atoms with Crippen LogP contribution in [0, 0.1) is 5.92 Å². The van der Waals surface area contributed by atoms with Crippen molar-refractivity contribution in [2.75, 3.05) is 57.4 Å². The predicted molar refractivity (Wildman–Crippen MR) is 90.3 cm³/mol. The molecule has 3 aliphatic heterocycles. The van der Waals surface area contributed by atoms with Crippen molar-refractivity contribution >= 4 is 17.7 Å². The number of thioether (sulfide) groups is 1. The Bertz CT molecular complexity index is 362. The van der Waals surface area contributed by atoms with Gasteiger partial charge >= 0.3 is 0 Å². The smallest absolute Gasteiger partial charge is 0.220 e. The summed E-state index contributed by atoms with van der Waals surface area (Å²) in [5.41, 5.74) is 0.166. The van der Waals surface area contributed by atoms with Crippen LogP contribution in [-0.4, -0.2) is 73.8 Å². The van der Waals surface area contributed by atoms with Crippen LogP contribution in [0.15, 0.2) is 0 Å². The quantitative estimate of drug-likeness (QED) is 0.752. The molecule has 0 aromatic heterocycles. The summed E-state index contributed by atoms with van der Waals surface area (Å²) in [6.45, 7) is 6.67. The van der Waals surface area contributed by atoms with Crippen molar-refractivity contribution in [2.45, 2.75) is 31.2 Å². The van der Waals surface area contributed by atoms with Crippen LogP contribution in [0.2, 0.25) is 0 Å². The van der Waals surface area contributed by atoms with Gasteiger partial charge in [0.2, 0.25) is 5.91 Å². The molecule has 3 saturated heterocycles. The molecular weight excluding hydrogens is 298 g/mol. The van der Waals surface area contributed by atoms with Gasteiger partial charge in [-0.25, -0.2) is 0 Å². The Hall–Kier alpha value is -0.300. The number of ether oxygens (including phenoxy) is 1. The van der Waals surface area contributed by atoms with Crippen molar-refractivity contribution in [3.63, 3.8) is 0 Å². The summed E-state index contributed by atoms with van der Waals surface area (Å²) >= 11 is 2.02. The van der Waals surface area contributed by atoms with E-state index in [1.54, 1.807) is 0 Å². The van der Waals surface area contributed by atoms with E-state index in [2.05, 4.69) is 15.5 Å². The number of hydrogen-bond acceptors (Lipinski definition) is 5. The summed E-state index contributed by atoms with van der Waals surface area (Å²) in [6.07, 6.45) is 4.11. The van der Waals surface area contributed by atoms with E-state index in [0.717, 1.165) is 58.1 Å². The number of amides is 1. The standard InChI is InChI=1S/C16H29N3O2S/c20-15(2-1-14-3-5-17-11-14)18-12-16(4-10-22-13-16)19-6-8-21-9-7-19/h14,17H,1-13H2,(H,18,20). The van der Waals surface area contributed by atoms with E-state index in [4.69, 9.17) is 4.74 Å². The van der Waals surface area contributed by atoms with E-state index in [0.29, 0.717) is 12.3 Å². The van der Waals surface area contributed by atoms with E-state index >= 15 is 0 Å². The van der Waals surface area contributed by atoms with E-state index in [1.165, 1.54) is 18.6 Å². The number of carbonyl (C=O) groups excluding carboxylic acids is 1. The highest BCUT2D eigenvalue weighted by atomic mass is 32.2. The molecule has 126 valence electrons. The molecule has 22 heavy (non-hydrogen) atoms. The lowest BCUT2D eigenvalue weighted by molar-refractivity contribution is -0.122. The van der Waals surface area contributed by atoms with Gasteiger partial charge in [0.15, 0.2) is 0 Å². The summed E-state index contributed by atoms with van der Waals surface area (Å²) < 4.78 is 5.48. The minimum atomic E-state index is 0.166. The van der Waals surface area contributed by atoms with Crippen LogP contribution in [0.4, 0.5) is 0 Å². The molecule has 6 heteroatoms. The Morgan fingerprint density at radius 1 is 1.41 bits per heavy atom. The van der Waals surface area contributed by atoms with Crippen molar-refractivity contribution in [3.8, 4) is 0 Å². The van der Waals surface area contributed by atoms with Gasteiger partial charge in [0.05, 0.1) is 13.2 Å². The predicted octanol–water partition coefficient (Wildman–Crippen LogP) is 0.700. The topological polar surface area (TPSA) is 53.6 Å². The van der Waals surface area contributed by atoms with E-state index in [-0.39, 0.29) is 11.4 Å². The van der Waals surface area contributed by atoms with Crippen molar-refractivity contribution in [3.05, 3.63) is 0 Å². The molecule has 2 atom stereocenters. The highest BCUT2D eigenvalue weighted by molar-refractivity contribution is 7.99. The Morgan fingerprint density at radius 3 is 2.95 bits per heavy atom. The molecule has 0 radical (unpaired) electrons. The molecule has 2 unspecified atom stereocenters. The first-order valence-electron chi connectivity index (χ1n) is 8.66. The molecule has 3 heterocycles. The Labute approximate surface area is 137 Å². The first-order valence-corrected chi connectivity index (χ1v) is 9.82. The molecular formula is C16H29N3O2S. The second kappa shape index (κ2) is 7.99. The molecule has 0 spiro atoms. The van der Waals surface area contributed by atoms with Crippen LogP contribution in [0.1, 0.15) is 25.7 Å². The molecule has 0 saturated carbocycles. The van der Waals surface area contributed by atoms with Crippen LogP contribution >= 0.6 is 11.8 Å². The lowest BCUT2D eigenvalue weighted by atomic mass is 9.95. The zero-order valence-corrected chi connectivity index (χ0v) is 14.3. The van der Waals surface area contributed by atoms with Crippen molar-refractivity contribution in [2.24, 2.45) is 5.92 Å². The van der Waals surface area contributed by atoms with Crippen LogP contribution in [0.3, 0.4) is 0 Å². The number of nitrogens with zero attached hydrogens (tertiary/aromatic N) is 1. The van der Waals surface area contributed by atoms with Gasteiger partial charge in [-0.2, -0.15) is 11.8 Å². The van der Waals surface area contributed by atoms with Gasteiger partial charge in [0.25, 0.3) is 0 Å². The first kappa shape index (κ1) is 16.6. The Balaban J connectivity index is 1.45. The van der Waals surface area contributed by atoms with Gasteiger partial charge in [0, 0.05) is 37.3 Å². The van der Waals surface area contributed by atoms with Gasteiger partial charge in [-0.1, -0.05) is 0 Å². The molecule has 5 nitrogen and oxygen atoms in total. The maximum atomic E-state index is 12.2. The monoisotopic (exact) mass is 327 g/mol. The van der Waals surface area contributed by atoms with E-state index in [1.807, 2.05) is 11.8 Å². The molecule has 1 amide bonds. The number of hydrogen-bond donors (Lipinski definition) is 2. The summed E-state index contributed by atoms with van der Waals surface area (Å²) in [5, 5.41) is 6.60. The summed E-state index contributed by atoms with van der Waals surface area (Å²) in [6, 6.07) is 0.